The van der Waals surface area contributed by atoms with Crippen molar-refractivity contribution in [2.24, 2.45) is 0 Å². The number of aromatic nitrogens is 3. The van der Waals surface area contributed by atoms with E-state index in [0.717, 1.165) is 50.6 Å². The quantitative estimate of drug-likeness (QED) is 0.867. The molecule has 1 aliphatic rings. The average Bonchev–Trinajstić information content (AvgIpc) is 2.98. The number of hydrogen-bond acceptors (Lipinski definition) is 4. The van der Waals surface area contributed by atoms with Crippen LogP contribution in [0.1, 0.15) is 39.4 Å². The Morgan fingerprint density at radius 3 is 2.57 bits per heavy atom. The van der Waals surface area contributed by atoms with Crippen molar-refractivity contribution in [1.82, 2.24) is 14.6 Å². The van der Waals surface area contributed by atoms with Crippen LogP contribution in [0.2, 0.25) is 0 Å². The molecule has 0 unspecified atom stereocenters. The maximum Gasteiger partial charge on any atom is 0.162 e. The Kier molecular flexibility index (Phi) is 3.85. The molecule has 5 nitrogen and oxygen atoms in total. The minimum Gasteiger partial charge on any atom is -0.378 e. The Morgan fingerprint density at radius 1 is 1.19 bits per heavy atom. The molecule has 114 valence electrons. The van der Waals surface area contributed by atoms with E-state index in [2.05, 4.69) is 58.6 Å². The van der Waals surface area contributed by atoms with Crippen LogP contribution >= 0.6 is 0 Å². The molecule has 0 spiro atoms. The molecule has 1 fully saturated rings. The third-order valence-electron chi connectivity index (χ3n) is 4.87. The van der Waals surface area contributed by atoms with Gasteiger partial charge in [0.2, 0.25) is 0 Å². The van der Waals surface area contributed by atoms with E-state index in [1.54, 1.807) is 0 Å². The molecule has 0 aromatic carbocycles. The Bertz CT molecular complexity index is 612. The number of ether oxygens (including phenoxy) is 1. The summed E-state index contributed by atoms with van der Waals surface area (Å²) in [7, 11) is 0. The molecule has 1 saturated heterocycles. The van der Waals surface area contributed by atoms with Gasteiger partial charge in [0, 0.05) is 36.5 Å². The van der Waals surface area contributed by atoms with Gasteiger partial charge in [0.25, 0.3) is 0 Å². The van der Waals surface area contributed by atoms with Crippen LogP contribution in [0.5, 0.6) is 0 Å². The van der Waals surface area contributed by atoms with Crippen molar-refractivity contribution in [3.63, 3.8) is 0 Å². The molecule has 0 aliphatic carbocycles. The Hall–Kier alpha value is -1.62. The highest BCUT2D eigenvalue weighted by atomic mass is 16.5. The van der Waals surface area contributed by atoms with Crippen molar-refractivity contribution in [2.45, 2.75) is 39.0 Å². The highest BCUT2D eigenvalue weighted by molar-refractivity contribution is 5.56. The predicted octanol–water partition coefficient (Wildman–Crippen LogP) is 2.64. The van der Waals surface area contributed by atoms with Crippen molar-refractivity contribution in [2.75, 3.05) is 31.2 Å². The van der Waals surface area contributed by atoms with Gasteiger partial charge >= 0.3 is 0 Å². The molecule has 2 aromatic heterocycles. The average molecular weight is 288 g/mol. The molecule has 0 N–H and O–H groups in total. The molecule has 0 saturated carbocycles. The number of fused-ring (bicyclic) bond motifs is 1. The van der Waals surface area contributed by atoms with Gasteiger partial charge in [-0.2, -0.15) is 0 Å². The first-order valence-corrected chi connectivity index (χ1v) is 7.86. The van der Waals surface area contributed by atoms with Gasteiger partial charge < -0.3 is 9.64 Å². The van der Waals surface area contributed by atoms with Crippen LogP contribution in [-0.2, 0) is 10.2 Å². The second-order valence-electron chi connectivity index (χ2n) is 6.00. The molecule has 0 bridgehead atoms. The van der Waals surface area contributed by atoms with Crippen LogP contribution in [0.3, 0.4) is 0 Å². The van der Waals surface area contributed by atoms with Gasteiger partial charge in [-0.3, -0.25) is 4.40 Å². The third-order valence-corrected chi connectivity index (χ3v) is 4.87. The smallest absolute Gasteiger partial charge is 0.162 e. The lowest BCUT2D eigenvalue weighted by atomic mass is 9.84. The normalized spacial score (nSPS) is 16.6. The van der Waals surface area contributed by atoms with Crippen molar-refractivity contribution >= 4 is 11.3 Å². The molecular weight excluding hydrogens is 264 g/mol. The fourth-order valence-corrected chi connectivity index (χ4v) is 2.88. The van der Waals surface area contributed by atoms with Gasteiger partial charge in [-0.15, -0.1) is 10.2 Å². The maximum atomic E-state index is 5.41. The van der Waals surface area contributed by atoms with Crippen molar-refractivity contribution < 1.29 is 4.74 Å². The lowest BCUT2D eigenvalue weighted by molar-refractivity contribution is 0.122. The van der Waals surface area contributed by atoms with Crippen molar-refractivity contribution in [3.8, 4) is 0 Å². The number of hydrogen-bond donors (Lipinski definition) is 0. The number of pyridine rings is 1. The summed E-state index contributed by atoms with van der Waals surface area (Å²) in [5.74, 6) is 1.07. The minimum atomic E-state index is 0.0832. The second kappa shape index (κ2) is 5.64. The fraction of sp³-hybridized carbons (Fsp3) is 0.625. The maximum absolute atomic E-state index is 5.41. The second-order valence-corrected chi connectivity index (χ2v) is 6.00. The zero-order valence-corrected chi connectivity index (χ0v) is 13.2. The van der Waals surface area contributed by atoms with E-state index in [9.17, 15) is 0 Å². The Balaban J connectivity index is 1.97. The van der Waals surface area contributed by atoms with Crippen molar-refractivity contribution in [1.29, 1.82) is 0 Å². The third kappa shape index (κ3) is 2.50. The Labute approximate surface area is 125 Å². The summed E-state index contributed by atoms with van der Waals surface area (Å²) in [6.45, 7) is 10.2. The largest absolute Gasteiger partial charge is 0.378 e. The zero-order valence-electron chi connectivity index (χ0n) is 13.2. The lowest BCUT2D eigenvalue weighted by Gasteiger charge is -2.29. The molecule has 21 heavy (non-hydrogen) atoms. The van der Waals surface area contributed by atoms with Gasteiger partial charge in [-0.25, -0.2) is 0 Å². The topological polar surface area (TPSA) is 42.7 Å². The van der Waals surface area contributed by atoms with Crippen LogP contribution in [0.25, 0.3) is 5.65 Å². The molecule has 0 amide bonds. The summed E-state index contributed by atoms with van der Waals surface area (Å²) < 4.78 is 7.55. The summed E-state index contributed by atoms with van der Waals surface area (Å²) in [5, 5.41) is 8.86. The molecule has 3 rings (SSSR count). The van der Waals surface area contributed by atoms with E-state index in [0.29, 0.717) is 0 Å². The van der Waals surface area contributed by atoms with E-state index in [-0.39, 0.29) is 5.41 Å². The van der Waals surface area contributed by atoms with Gasteiger partial charge in [-0.05, 0) is 18.9 Å². The van der Waals surface area contributed by atoms with Crippen molar-refractivity contribution in [3.05, 3.63) is 24.2 Å². The molecule has 0 atom stereocenters. The number of morpholine rings is 1. The highest BCUT2D eigenvalue weighted by Crippen LogP contribution is 2.30. The van der Waals surface area contributed by atoms with Gasteiger partial charge in [0.05, 0.1) is 13.2 Å². The van der Waals surface area contributed by atoms with E-state index < -0.39 is 0 Å². The number of anilines is 1. The van der Waals surface area contributed by atoms with E-state index in [1.165, 1.54) is 5.69 Å². The molecular formula is C16H24N4O. The SMILES string of the molecule is CCC(C)(CC)c1nnc2cc(N3CCOCC3)ccn12. The zero-order chi connectivity index (χ0) is 14.9. The molecule has 0 radical (unpaired) electrons. The predicted molar refractivity (Wildman–Crippen MR) is 84.0 cm³/mol. The molecule has 2 aromatic rings. The van der Waals surface area contributed by atoms with Crippen LogP contribution in [-0.4, -0.2) is 40.9 Å². The highest BCUT2D eigenvalue weighted by Gasteiger charge is 2.28. The van der Waals surface area contributed by atoms with E-state index >= 15 is 0 Å². The van der Waals surface area contributed by atoms with E-state index in [1.807, 2.05) is 0 Å². The molecule has 3 heterocycles. The summed E-state index contributed by atoms with van der Waals surface area (Å²) >= 11 is 0. The van der Waals surface area contributed by atoms with Crippen LogP contribution < -0.4 is 4.90 Å². The summed E-state index contributed by atoms with van der Waals surface area (Å²) in [6.07, 6.45) is 4.24. The standard InChI is InChI=1S/C16H24N4O/c1-4-16(3,5-2)15-18-17-14-12-13(6-7-20(14)15)19-8-10-21-11-9-19/h6-7,12H,4-5,8-11H2,1-3H3. The minimum absolute atomic E-state index is 0.0832. The summed E-state index contributed by atoms with van der Waals surface area (Å²) in [5.41, 5.74) is 2.22. The Morgan fingerprint density at radius 2 is 1.90 bits per heavy atom. The van der Waals surface area contributed by atoms with Crippen LogP contribution in [0, 0.1) is 0 Å². The van der Waals surface area contributed by atoms with Gasteiger partial charge in [-0.1, -0.05) is 20.8 Å². The summed E-state index contributed by atoms with van der Waals surface area (Å²) in [6, 6.07) is 4.30. The summed E-state index contributed by atoms with van der Waals surface area (Å²) in [4.78, 5) is 2.34. The first kappa shape index (κ1) is 14.3. The first-order valence-electron chi connectivity index (χ1n) is 7.86. The van der Waals surface area contributed by atoms with Gasteiger partial charge in [0.15, 0.2) is 5.65 Å². The van der Waals surface area contributed by atoms with E-state index in [4.69, 9.17) is 4.74 Å². The number of nitrogens with zero attached hydrogens (tertiary/aromatic N) is 4. The lowest BCUT2D eigenvalue weighted by Crippen LogP contribution is -2.36. The van der Waals surface area contributed by atoms with Gasteiger partial charge in [0.1, 0.15) is 5.82 Å². The fourth-order valence-electron chi connectivity index (χ4n) is 2.88. The van der Waals surface area contributed by atoms with Crippen LogP contribution in [0.4, 0.5) is 5.69 Å². The number of rotatable bonds is 4. The first-order chi connectivity index (χ1) is 10.2. The molecule has 5 heteroatoms. The monoisotopic (exact) mass is 288 g/mol. The van der Waals surface area contributed by atoms with Crippen LogP contribution in [0.15, 0.2) is 18.3 Å². The molecule has 1 aliphatic heterocycles.